The lowest BCUT2D eigenvalue weighted by atomic mass is 10.4. The van der Waals surface area contributed by atoms with E-state index >= 15 is 0 Å². The van der Waals surface area contributed by atoms with Gasteiger partial charge in [-0.25, -0.2) is 0 Å². The third kappa shape index (κ3) is 8.13. The summed E-state index contributed by atoms with van der Waals surface area (Å²) >= 11 is 0. The predicted molar refractivity (Wildman–Crippen MR) is 68.7 cm³/mol. The molecule has 0 atom stereocenters. The van der Waals surface area contributed by atoms with Crippen LogP contribution < -0.4 is 10.6 Å². The molecule has 0 bridgehead atoms. The van der Waals surface area contributed by atoms with Gasteiger partial charge in [-0.2, -0.15) is 0 Å². The highest BCUT2D eigenvalue weighted by molar-refractivity contribution is 5.85. The van der Waals surface area contributed by atoms with Crippen LogP contribution in [0.3, 0.4) is 0 Å². The van der Waals surface area contributed by atoms with Crippen LogP contribution in [0.4, 0.5) is 0 Å². The second-order valence-corrected chi connectivity index (χ2v) is 3.33. The third-order valence-electron chi connectivity index (χ3n) is 2.19. The van der Waals surface area contributed by atoms with Crippen molar-refractivity contribution in [3.8, 4) is 0 Å². The molecular weight excluding hydrogens is 253 g/mol. The van der Waals surface area contributed by atoms with Gasteiger partial charge in [0.15, 0.2) is 0 Å². The monoisotopic (exact) mass is 273 g/mol. The summed E-state index contributed by atoms with van der Waals surface area (Å²) in [6, 6.07) is 0. The summed E-state index contributed by atoms with van der Waals surface area (Å²) in [5, 5.41) is 5.66. The number of carbonyl (C=O) groups is 1. The molecular formula is C9H21Cl2N3O2. The molecule has 1 heterocycles. The Morgan fingerprint density at radius 1 is 1.31 bits per heavy atom. The Hall–Kier alpha value is -0.0700. The van der Waals surface area contributed by atoms with E-state index in [9.17, 15) is 4.79 Å². The first-order chi connectivity index (χ1) is 6.83. The maximum absolute atomic E-state index is 11.1. The number of amides is 1. The minimum Gasteiger partial charge on any atom is -0.379 e. The van der Waals surface area contributed by atoms with Crippen molar-refractivity contribution in [2.24, 2.45) is 0 Å². The maximum atomic E-state index is 11.1. The normalized spacial score (nSPS) is 15.8. The highest BCUT2D eigenvalue weighted by atomic mass is 35.5. The molecule has 0 radical (unpaired) electrons. The molecule has 0 aromatic rings. The van der Waals surface area contributed by atoms with E-state index in [0.29, 0.717) is 6.54 Å². The second kappa shape index (κ2) is 11.4. The number of ether oxygens (including phenoxy) is 1. The zero-order chi connectivity index (χ0) is 10.2. The Labute approximate surface area is 109 Å². The molecule has 1 aliphatic rings. The number of carbonyl (C=O) groups excluding carboxylic acids is 1. The average Bonchev–Trinajstić information content (AvgIpc) is 2.20. The SMILES string of the molecule is CNCC(=O)NCCN1CCOCC1.Cl.Cl. The van der Waals surface area contributed by atoms with Crippen molar-refractivity contribution in [3.63, 3.8) is 0 Å². The lowest BCUT2D eigenvalue weighted by Crippen LogP contribution is -2.42. The van der Waals surface area contributed by atoms with Crippen molar-refractivity contribution < 1.29 is 9.53 Å². The van der Waals surface area contributed by atoms with Crippen LogP contribution in [0, 0.1) is 0 Å². The third-order valence-corrected chi connectivity index (χ3v) is 2.19. The molecule has 0 aromatic heterocycles. The number of rotatable bonds is 5. The molecule has 0 unspecified atom stereocenters. The van der Waals surface area contributed by atoms with Crippen LogP contribution in [0.2, 0.25) is 0 Å². The van der Waals surface area contributed by atoms with Crippen molar-refractivity contribution >= 4 is 30.7 Å². The average molecular weight is 274 g/mol. The minimum absolute atomic E-state index is 0. The van der Waals surface area contributed by atoms with Crippen molar-refractivity contribution in [1.82, 2.24) is 15.5 Å². The smallest absolute Gasteiger partial charge is 0.233 e. The van der Waals surface area contributed by atoms with Crippen LogP contribution in [0.15, 0.2) is 0 Å². The molecule has 1 rings (SSSR count). The summed E-state index contributed by atoms with van der Waals surface area (Å²) < 4.78 is 5.23. The first-order valence-electron chi connectivity index (χ1n) is 5.04. The fourth-order valence-electron chi connectivity index (χ4n) is 1.40. The summed E-state index contributed by atoms with van der Waals surface area (Å²) in [6.45, 7) is 5.60. The summed E-state index contributed by atoms with van der Waals surface area (Å²) in [7, 11) is 1.77. The molecule has 7 heteroatoms. The lowest BCUT2D eigenvalue weighted by Gasteiger charge is -2.26. The van der Waals surface area contributed by atoms with Crippen LogP contribution in [0.25, 0.3) is 0 Å². The van der Waals surface area contributed by atoms with Gasteiger partial charge in [0.1, 0.15) is 0 Å². The van der Waals surface area contributed by atoms with Crippen molar-refractivity contribution in [2.75, 3.05) is 53.0 Å². The molecule has 1 fully saturated rings. The number of hydrogen-bond acceptors (Lipinski definition) is 4. The Morgan fingerprint density at radius 2 is 1.94 bits per heavy atom. The van der Waals surface area contributed by atoms with E-state index in [0.717, 1.165) is 39.4 Å². The molecule has 0 saturated carbocycles. The summed E-state index contributed by atoms with van der Waals surface area (Å²) in [6.07, 6.45) is 0. The molecule has 1 saturated heterocycles. The van der Waals surface area contributed by atoms with E-state index in [2.05, 4.69) is 15.5 Å². The van der Waals surface area contributed by atoms with E-state index in [-0.39, 0.29) is 30.7 Å². The summed E-state index contributed by atoms with van der Waals surface area (Å²) in [4.78, 5) is 13.4. The summed E-state index contributed by atoms with van der Waals surface area (Å²) in [5.74, 6) is 0.0563. The van der Waals surface area contributed by atoms with Gasteiger partial charge < -0.3 is 15.4 Å². The molecule has 0 aromatic carbocycles. The van der Waals surface area contributed by atoms with Gasteiger partial charge in [-0.3, -0.25) is 9.69 Å². The molecule has 16 heavy (non-hydrogen) atoms. The number of hydrogen-bond donors (Lipinski definition) is 2. The lowest BCUT2D eigenvalue weighted by molar-refractivity contribution is -0.120. The van der Waals surface area contributed by atoms with Gasteiger partial charge in [0.05, 0.1) is 19.8 Å². The quantitative estimate of drug-likeness (QED) is 0.709. The van der Waals surface area contributed by atoms with Crippen molar-refractivity contribution in [3.05, 3.63) is 0 Å². The van der Waals surface area contributed by atoms with Gasteiger partial charge in [0.2, 0.25) is 5.91 Å². The van der Waals surface area contributed by atoms with Crippen LogP contribution in [0.5, 0.6) is 0 Å². The number of likely N-dealkylation sites (N-methyl/N-ethyl adjacent to an activating group) is 1. The molecule has 5 nitrogen and oxygen atoms in total. The number of nitrogens with zero attached hydrogens (tertiary/aromatic N) is 1. The topological polar surface area (TPSA) is 53.6 Å². The van der Waals surface area contributed by atoms with Crippen LogP contribution in [-0.2, 0) is 9.53 Å². The van der Waals surface area contributed by atoms with E-state index in [4.69, 9.17) is 4.74 Å². The maximum Gasteiger partial charge on any atom is 0.233 e. The minimum atomic E-state index is 0. The zero-order valence-electron chi connectivity index (χ0n) is 9.53. The Bertz CT molecular complexity index is 178. The first kappa shape index (κ1) is 18.3. The number of halogens is 2. The van der Waals surface area contributed by atoms with Gasteiger partial charge >= 0.3 is 0 Å². The first-order valence-corrected chi connectivity index (χ1v) is 5.04. The number of nitrogens with one attached hydrogen (secondary N) is 2. The highest BCUT2D eigenvalue weighted by Gasteiger charge is 2.09. The largest absolute Gasteiger partial charge is 0.379 e. The van der Waals surface area contributed by atoms with Crippen LogP contribution in [-0.4, -0.2) is 63.8 Å². The second-order valence-electron chi connectivity index (χ2n) is 3.33. The van der Waals surface area contributed by atoms with E-state index in [1.807, 2.05) is 0 Å². The van der Waals surface area contributed by atoms with Crippen LogP contribution in [0.1, 0.15) is 0 Å². The Balaban J connectivity index is 0. The zero-order valence-corrected chi connectivity index (χ0v) is 11.2. The van der Waals surface area contributed by atoms with Crippen molar-refractivity contribution in [1.29, 1.82) is 0 Å². The Morgan fingerprint density at radius 3 is 2.50 bits per heavy atom. The molecule has 98 valence electrons. The van der Waals surface area contributed by atoms with Gasteiger partial charge in [-0.05, 0) is 7.05 Å². The molecule has 2 N–H and O–H groups in total. The fourth-order valence-corrected chi connectivity index (χ4v) is 1.40. The van der Waals surface area contributed by atoms with E-state index in [1.165, 1.54) is 0 Å². The highest BCUT2D eigenvalue weighted by Crippen LogP contribution is 1.94. The van der Waals surface area contributed by atoms with Gasteiger partial charge in [-0.1, -0.05) is 0 Å². The standard InChI is InChI=1S/C9H19N3O2.2ClH/c1-10-8-9(13)11-2-3-12-4-6-14-7-5-12;;/h10H,2-8H2,1H3,(H,11,13);2*1H. The van der Waals surface area contributed by atoms with Gasteiger partial charge in [0.25, 0.3) is 0 Å². The predicted octanol–water partition coefficient (Wildman–Crippen LogP) is -0.502. The summed E-state index contributed by atoms with van der Waals surface area (Å²) in [5.41, 5.74) is 0. The van der Waals surface area contributed by atoms with E-state index < -0.39 is 0 Å². The molecule has 1 amide bonds. The molecule has 1 aliphatic heterocycles. The molecule has 0 aliphatic carbocycles. The molecule has 0 spiro atoms. The van der Waals surface area contributed by atoms with E-state index in [1.54, 1.807) is 7.05 Å². The van der Waals surface area contributed by atoms with Gasteiger partial charge in [-0.15, -0.1) is 24.8 Å². The Kier molecular flexibility index (Phi) is 13.1. The van der Waals surface area contributed by atoms with Gasteiger partial charge in [0, 0.05) is 26.2 Å². The number of morpholine rings is 1. The van der Waals surface area contributed by atoms with Crippen molar-refractivity contribution in [2.45, 2.75) is 0 Å². The van der Waals surface area contributed by atoms with Crippen LogP contribution >= 0.6 is 24.8 Å². The fraction of sp³-hybridized carbons (Fsp3) is 0.889.